The van der Waals surface area contributed by atoms with Crippen LogP contribution in [0.4, 0.5) is 18.9 Å². The number of halogens is 3. The highest BCUT2D eigenvalue weighted by atomic mass is 32.2. The highest BCUT2D eigenvalue weighted by Gasteiger charge is 2.30. The number of benzene rings is 2. The van der Waals surface area contributed by atoms with E-state index < -0.39 is 17.6 Å². The summed E-state index contributed by atoms with van der Waals surface area (Å²) in [6, 6.07) is 11.5. The summed E-state index contributed by atoms with van der Waals surface area (Å²) in [5.74, 6) is -0.849. The SMILES string of the molecule is CC(=O)n1c(SCC(=O)Nc2cccc(C(F)(F)F)c2)nc2ccccc21. The van der Waals surface area contributed by atoms with E-state index in [4.69, 9.17) is 0 Å². The topological polar surface area (TPSA) is 64.0 Å². The zero-order chi connectivity index (χ0) is 19.6. The van der Waals surface area contributed by atoms with Gasteiger partial charge in [-0.1, -0.05) is 30.0 Å². The van der Waals surface area contributed by atoms with Crippen LogP contribution in [0.3, 0.4) is 0 Å². The third-order valence-corrected chi connectivity index (χ3v) is 4.59. The highest BCUT2D eigenvalue weighted by molar-refractivity contribution is 7.99. The van der Waals surface area contributed by atoms with Crippen LogP contribution in [0.1, 0.15) is 17.3 Å². The molecule has 0 saturated heterocycles. The van der Waals surface area contributed by atoms with E-state index in [1.807, 2.05) is 0 Å². The number of carbonyl (C=O) groups is 2. The number of carbonyl (C=O) groups excluding carboxylic acids is 2. The van der Waals surface area contributed by atoms with Crippen molar-refractivity contribution in [3.63, 3.8) is 0 Å². The van der Waals surface area contributed by atoms with Crippen molar-refractivity contribution in [1.82, 2.24) is 9.55 Å². The van der Waals surface area contributed by atoms with E-state index in [0.717, 1.165) is 23.9 Å². The molecular formula is C18H14F3N3O2S. The first-order valence-electron chi connectivity index (χ1n) is 7.84. The van der Waals surface area contributed by atoms with Gasteiger partial charge in [-0.25, -0.2) is 4.98 Å². The summed E-state index contributed by atoms with van der Waals surface area (Å²) in [5, 5.41) is 2.78. The Kier molecular flexibility index (Phi) is 5.22. The molecule has 0 saturated carbocycles. The average molecular weight is 393 g/mol. The van der Waals surface area contributed by atoms with Gasteiger partial charge in [0.15, 0.2) is 5.16 Å². The van der Waals surface area contributed by atoms with Gasteiger partial charge >= 0.3 is 6.18 Å². The first kappa shape index (κ1) is 19.0. The number of thioether (sulfide) groups is 1. The molecule has 1 N–H and O–H groups in total. The molecule has 0 aliphatic carbocycles. The summed E-state index contributed by atoms with van der Waals surface area (Å²) < 4.78 is 39.6. The summed E-state index contributed by atoms with van der Waals surface area (Å²) in [4.78, 5) is 28.4. The second kappa shape index (κ2) is 7.43. The Bertz CT molecular complexity index is 1010. The minimum absolute atomic E-state index is 0.0514. The van der Waals surface area contributed by atoms with Crippen LogP contribution in [-0.2, 0) is 11.0 Å². The summed E-state index contributed by atoms with van der Waals surface area (Å²) >= 11 is 1.03. The molecule has 3 rings (SSSR count). The quantitative estimate of drug-likeness (QED) is 0.666. The van der Waals surface area contributed by atoms with Crippen LogP contribution >= 0.6 is 11.8 Å². The lowest BCUT2D eigenvalue weighted by molar-refractivity contribution is -0.137. The van der Waals surface area contributed by atoms with Gasteiger partial charge in [0.1, 0.15) is 0 Å². The number of nitrogens with zero attached hydrogens (tertiary/aromatic N) is 2. The van der Waals surface area contributed by atoms with Crippen molar-refractivity contribution in [2.75, 3.05) is 11.1 Å². The summed E-state index contributed by atoms with van der Waals surface area (Å²) in [6.07, 6.45) is -4.48. The molecule has 9 heteroatoms. The number of anilines is 1. The van der Waals surface area contributed by atoms with Gasteiger partial charge in [-0.15, -0.1) is 0 Å². The Morgan fingerprint density at radius 2 is 1.89 bits per heavy atom. The lowest BCUT2D eigenvalue weighted by Gasteiger charge is -2.10. The van der Waals surface area contributed by atoms with Crippen LogP contribution in [0.2, 0.25) is 0 Å². The largest absolute Gasteiger partial charge is 0.416 e. The Balaban J connectivity index is 1.72. The number of amides is 1. The third kappa shape index (κ3) is 4.30. The van der Waals surface area contributed by atoms with Crippen molar-refractivity contribution in [1.29, 1.82) is 0 Å². The van der Waals surface area contributed by atoms with Crippen molar-refractivity contribution in [3.8, 4) is 0 Å². The highest BCUT2D eigenvalue weighted by Crippen LogP contribution is 2.31. The fourth-order valence-electron chi connectivity index (χ4n) is 2.51. The molecule has 0 aliphatic rings. The van der Waals surface area contributed by atoms with Crippen molar-refractivity contribution >= 4 is 40.3 Å². The van der Waals surface area contributed by atoms with E-state index in [9.17, 15) is 22.8 Å². The van der Waals surface area contributed by atoms with Crippen LogP contribution in [0, 0.1) is 0 Å². The van der Waals surface area contributed by atoms with E-state index in [1.165, 1.54) is 23.6 Å². The van der Waals surface area contributed by atoms with Gasteiger partial charge in [0.2, 0.25) is 11.8 Å². The number of hydrogen-bond donors (Lipinski definition) is 1. The molecule has 1 aromatic heterocycles. The van der Waals surface area contributed by atoms with E-state index in [2.05, 4.69) is 10.3 Å². The summed E-state index contributed by atoms with van der Waals surface area (Å²) in [5.41, 5.74) is 0.459. The van der Waals surface area contributed by atoms with Gasteiger partial charge in [-0.2, -0.15) is 13.2 Å². The molecule has 5 nitrogen and oxygen atoms in total. The molecule has 0 unspecified atom stereocenters. The van der Waals surface area contributed by atoms with Gasteiger partial charge < -0.3 is 5.32 Å². The summed E-state index contributed by atoms with van der Waals surface area (Å²) in [7, 11) is 0. The van der Waals surface area contributed by atoms with E-state index in [-0.39, 0.29) is 17.3 Å². The molecule has 0 bridgehead atoms. The predicted octanol–water partition coefficient (Wildman–Crippen LogP) is 4.45. The molecule has 0 spiro atoms. The van der Waals surface area contributed by atoms with E-state index in [1.54, 1.807) is 24.3 Å². The smallest absolute Gasteiger partial charge is 0.325 e. The maximum absolute atomic E-state index is 12.7. The van der Waals surface area contributed by atoms with Gasteiger partial charge in [0.05, 0.1) is 22.3 Å². The number of para-hydroxylation sites is 2. The van der Waals surface area contributed by atoms with Crippen LogP contribution in [0.5, 0.6) is 0 Å². The molecule has 0 radical (unpaired) electrons. The zero-order valence-electron chi connectivity index (χ0n) is 14.1. The van der Waals surface area contributed by atoms with Crippen LogP contribution < -0.4 is 5.32 Å². The van der Waals surface area contributed by atoms with Crippen molar-refractivity contribution < 1.29 is 22.8 Å². The van der Waals surface area contributed by atoms with Gasteiger partial charge in [0, 0.05) is 12.6 Å². The normalized spacial score (nSPS) is 11.6. The Hall–Kier alpha value is -2.81. The van der Waals surface area contributed by atoms with E-state index >= 15 is 0 Å². The number of rotatable bonds is 4. The fourth-order valence-corrected chi connectivity index (χ4v) is 3.36. The van der Waals surface area contributed by atoms with Gasteiger partial charge in [-0.05, 0) is 30.3 Å². The van der Waals surface area contributed by atoms with Gasteiger partial charge in [0.25, 0.3) is 0 Å². The number of imidazole rings is 1. The molecule has 3 aromatic rings. The van der Waals surface area contributed by atoms with Crippen LogP contribution in [0.15, 0.2) is 53.7 Å². The number of nitrogens with one attached hydrogen (secondary N) is 1. The van der Waals surface area contributed by atoms with E-state index in [0.29, 0.717) is 16.2 Å². The minimum atomic E-state index is -4.48. The average Bonchev–Trinajstić information content (AvgIpc) is 2.98. The zero-order valence-corrected chi connectivity index (χ0v) is 14.9. The predicted molar refractivity (Wildman–Crippen MR) is 96.8 cm³/mol. The number of alkyl halides is 3. The number of hydrogen-bond acceptors (Lipinski definition) is 4. The molecule has 140 valence electrons. The molecule has 27 heavy (non-hydrogen) atoms. The molecule has 0 aliphatic heterocycles. The number of fused-ring (bicyclic) bond motifs is 1. The Morgan fingerprint density at radius 3 is 2.59 bits per heavy atom. The first-order valence-corrected chi connectivity index (χ1v) is 8.82. The lowest BCUT2D eigenvalue weighted by Crippen LogP contribution is -2.16. The second-order valence-corrected chi connectivity index (χ2v) is 6.60. The summed E-state index contributed by atoms with van der Waals surface area (Å²) in [6.45, 7) is 1.39. The standard InChI is InChI=1S/C18H14F3N3O2S/c1-11(25)24-15-8-3-2-7-14(15)23-17(24)27-10-16(26)22-13-6-4-5-12(9-13)18(19,20)21/h2-9H,10H2,1H3,(H,22,26). The second-order valence-electron chi connectivity index (χ2n) is 5.65. The van der Waals surface area contributed by atoms with Crippen molar-refractivity contribution in [2.24, 2.45) is 0 Å². The molecular weight excluding hydrogens is 379 g/mol. The molecule has 0 atom stereocenters. The molecule has 2 aromatic carbocycles. The van der Waals surface area contributed by atoms with Crippen LogP contribution in [-0.4, -0.2) is 27.1 Å². The molecule has 0 fully saturated rings. The Labute approximate surface area is 156 Å². The maximum Gasteiger partial charge on any atom is 0.416 e. The number of aromatic nitrogens is 2. The molecule has 1 amide bonds. The third-order valence-electron chi connectivity index (χ3n) is 3.65. The minimum Gasteiger partial charge on any atom is -0.325 e. The van der Waals surface area contributed by atoms with Gasteiger partial charge in [-0.3, -0.25) is 14.2 Å². The van der Waals surface area contributed by atoms with Crippen molar-refractivity contribution in [3.05, 3.63) is 54.1 Å². The lowest BCUT2D eigenvalue weighted by atomic mass is 10.2. The molecule has 1 heterocycles. The monoisotopic (exact) mass is 393 g/mol. The van der Waals surface area contributed by atoms with Crippen LogP contribution in [0.25, 0.3) is 11.0 Å². The Morgan fingerprint density at radius 1 is 1.15 bits per heavy atom. The van der Waals surface area contributed by atoms with Crippen molar-refractivity contribution in [2.45, 2.75) is 18.3 Å². The first-order chi connectivity index (χ1) is 12.8. The maximum atomic E-state index is 12.7. The fraction of sp³-hybridized carbons (Fsp3) is 0.167.